The van der Waals surface area contributed by atoms with Crippen molar-refractivity contribution in [1.29, 1.82) is 0 Å². The zero-order chi connectivity index (χ0) is 21.9. The zero-order valence-corrected chi connectivity index (χ0v) is 16.8. The molecule has 0 fully saturated rings. The maximum Gasteiger partial charge on any atom is 0.435 e. The Bertz CT molecular complexity index is 1170. The molecule has 0 aliphatic rings. The molecule has 30 heavy (non-hydrogen) atoms. The lowest BCUT2D eigenvalue weighted by atomic mass is 10.1. The minimum Gasteiger partial charge on any atom is -0.496 e. The molecule has 3 aromatic rings. The average molecular weight is 437 g/mol. The summed E-state index contributed by atoms with van der Waals surface area (Å²) < 4.78 is 70.4. The second-order valence-electron chi connectivity index (χ2n) is 6.19. The SMILES string of the molecule is CC=Cc1cc(-c2cc(C(F)(F)F)nn2NS(=O)(=O)c2ccccc2)ccc1OC. The number of halogens is 3. The highest BCUT2D eigenvalue weighted by Gasteiger charge is 2.36. The van der Waals surface area contributed by atoms with E-state index in [4.69, 9.17) is 4.74 Å². The molecule has 6 nitrogen and oxygen atoms in total. The lowest BCUT2D eigenvalue weighted by Crippen LogP contribution is -2.25. The van der Waals surface area contributed by atoms with Crippen LogP contribution in [-0.4, -0.2) is 25.4 Å². The van der Waals surface area contributed by atoms with E-state index in [-0.39, 0.29) is 10.6 Å². The fraction of sp³-hybridized carbons (Fsp3) is 0.150. The first-order chi connectivity index (χ1) is 14.2. The normalized spacial score (nSPS) is 12.3. The van der Waals surface area contributed by atoms with Crippen LogP contribution in [-0.2, 0) is 16.2 Å². The van der Waals surface area contributed by atoms with Gasteiger partial charge in [0.15, 0.2) is 5.69 Å². The first kappa shape index (κ1) is 21.4. The average Bonchev–Trinajstić information content (AvgIpc) is 3.12. The van der Waals surface area contributed by atoms with Gasteiger partial charge in [0.1, 0.15) is 5.75 Å². The van der Waals surface area contributed by atoms with Gasteiger partial charge in [0, 0.05) is 11.1 Å². The Balaban J connectivity index is 2.13. The van der Waals surface area contributed by atoms with Gasteiger partial charge in [-0.3, -0.25) is 0 Å². The van der Waals surface area contributed by atoms with Gasteiger partial charge in [-0.15, -0.1) is 5.10 Å². The Morgan fingerprint density at radius 2 is 1.80 bits per heavy atom. The van der Waals surface area contributed by atoms with E-state index in [0.717, 1.165) is 6.07 Å². The first-order valence-electron chi connectivity index (χ1n) is 8.72. The van der Waals surface area contributed by atoms with Gasteiger partial charge in [-0.05, 0) is 43.3 Å². The summed E-state index contributed by atoms with van der Waals surface area (Å²) in [5, 5.41) is 3.44. The third kappa shape index (κ3) is 4.48. The van der Waals surface area contributed by atoms with Crippen molar-refractivity contribution in [1.82, 2.24) is 9.89 Å². The van der Waals surface area contributed by atoms with Gasteiger partial charge in [-0.2, -0.15) is 31.2 Å². The van der Waals surface area contributed by atoms with Gasteiger partial charge < -0.3 is 4.74 Å². The molecule has 1 aromatic heterocycles. The van der Waals surface area contributed by atoms with Gasteiger partial charge >= 0.3 is 6.18 Å². The number of sulfonamides is 1. The van der Waals surface area contributed by atoms with E-state index in [1.54, 1.807) is 37.3 Å². The molecule has 0 aliphatic heterocycles. The van der Waals surface area contributed by atoms with Crippen molar-refractivity contribution in [2.75, 3.05) is 11.9 Å². The zero-order valence-electron chi connectivity index (χ0n) is 16.0. The third-order valence-electron chi connectivity index (χ3n) is 4.13. The van der Waals surface area contributed by atoms with Crippen molar-refractivity contribution in [3.63, 3.8) is 0 Å². The number of ether oxygens (including phenoxy) is 1. The van der Waals surface area contributed by atoms with E-state index in [1.165, 1.54) is 37.4 Å². The molecule has 3 rings (SSSR count). The molecule has 0 atom stereocenters. The molecule has 0 aliphatic carbocycles. The van der Waals surface area contributed by atoms with E-state index < -0.39 is 21.9 Å². The maximum absolute atomic E-state index is 13.3. The van der Waals surface area contributed by atoms with Crippen LogP contribution >= 0.6 is 0 Å². The maximum atomic E-state index is 13.3. The molecule has 10 heteroatoms. The van der Waals surface area contributed by atoms with Gasteiger partial charge in [-0.25, -0.2) is 0 Å². The smallest absolute Gasteiger partial charge is 0.435 e. The molecular formula is C20H18F3N3O3S. The summed E-state index contributed by atoms with van der Waals surface area (Å²) in [4.78, 5) is 2.61. The molecular weight excluding hydrogens is 419 g/mol. The highest BCUT2D eigenvalue weighted by atomic mass is 32.2. The highest BCUT2D eigenvalue weighted by molar-refractivity contribution is 7.92. The Kier molecular flexibility index (Phi) is 5.88. The standard InChI is InChI=1S/C20H18F3N3O3S/c1-3-7-15-12-14(10-11-18(15)29-2)17-13-19(20(21,22)23)24-26(17)25-30(27,28)16-8-5-4-6-9-16/h3-13,25H,1-2H3. The molecule has 0 saturated heterocycles. The van der Waals surface area contributed by atoms with E-state index in [2.05, 4.69) is 9.93 Å². The van der Waals surface area contributed by atoms with Crippen molar-refractivity contribution in [3.8, 4) is 17.0 Å². The molecule has 0 saturated carbocycles. The fourth-order valence-electron chi connectivity index (χ4n) is 2.76. The van der Waals surface area contributed by atoms with Gasteiger partial charge in [0.2, 0.25) is 0 Å². The molecule has 0 bridgehead atoms. The molecule has 0 amide bonds. The number of nitrogens with zero attached hydrogens (tertiary/aromatic N) is 2. The van der Waals surface area contributed by atoms with Crippen LogP contribution in [0.3, 0.4) is 0 Å². The van der Waals surface area contributed by atoms with Crippen LogP contribution < -0.4 is 9.57 Å². The van der Waals surface area contributed by atoms with Crippen LogP contribution in [0.15, 0.2) is 65.6 Å². The third-order valence-corrected chi connectivity index (χ3v) is 5.44. The number of aromatic nitrogens is 2. The number of rotatable bonds is 6. The summed E-state index contributed by atoms with van der Waals surface area (Å²) >= 11 is 0. The van der Waals surface area contributed by atoms with E-state index >= 15 is 0 Å². The van der Waals surface area contributed by atoms with Crippen molar-refractivity contribution in [2.24, 2.45) is 0 Å². The molecule has 1 N–H and O–H groups in total. The number of alkyl halides is 3. The lowest BCUT2D eigenvalue weighted by Gasteiger charge is -2.12. The minimum atomic E-state index is -4.75. The molecule has 0 unspecified atom stereocenters. The monoisotopic (exact) mass is 437 g/mol. The summed E-state index contributed by atoms with van der Waals surface area (Å²) in [6.45, 7) is 1.78. The lowest BCUT2D eigenvalue weighted by molar-refractivity contribution is -0.141. The van der Waals surface area contributed by atoms with Crippen LogP contribution in [0.1, 0.15) is 18.2 Å². The predicted octanol–water partition coefficient (Wildman–Crippen LogP) is 4.54. The minimum absolute atomic E-state index is 0.0739. The second kappa shape index (κ2) is 8.23. The fourth-order valence-corrected chi connectivity index (χ4v) is 3.75. The summed E-state index contributed by atoms with van der Waals surface area (Å²) in [6.07, 6.45) is -1.28. The largest absolute Gasteiger partial charge is 0.496 e. The van der Waals surface area contributed by atoms with E-state index in [1.807, 2.05) is 0 Å². The number of nitrogens with one attached hydrogen (secondary N) is 1. The highest BCUT2D eigenvalue weighted by Crippen LogP contribution is 2.33. The Morgan fingerprint density at radius 3 is 2.40 bits per heavy atom. The number of methoxy groups -OCH3 is 1. The van der Waals surface area contributed by atoms with E-state index in [0.29, 0.717) is 21.7 Å². The van der Waals surface area contributed by atoms with Gasteiger partial charge in [0.25, 0.3) is 10.0 Å². The van der Waals surface area contributed by atoms with E-state index in [9.17, 15) is 21.6 Å². The number of hydrogen-bond acceptors (Lipinski definition) is 4. The van der Waals surface area contributed by atoms with Gasteiger partial charge in [-0.1, -0.05) is 30.4 Å². The summed E-state index contributed by atoms with van der Waals surface area (Å²) in [6, 6.07) is 12.8. The number of benzene rings is 2. The van der Waals surface area contributed by atoms with Crippen molar-refractivity contribution in [3.05, 3.63) is 71.9 Å². The van der Waals surface area contributed by atoms with Crippen molar-refractivity contribution in [2.45, 2.75) is 18.0 Å². The van der Waals surface area contributed by atoms with Crippen LogP contribution in [0.4, 0.5) is 13.2 Å². The molecule has 0 spiro atoms. The first-order valence-corrected chi connectivity index (χ1v) is 10.2. The molecule has 2 aromatic carbocycles. The number of hydrogen-bond donors (Lipinski definition) is 1. The summed E-state index contributed by atoms with van der Waals surface area (Å²) in [5.41, 5.74) is -0.362. The quantitative estimate of drug-likeness (QED) is 0.614. The molecule has 1 heterocycles. The van der Waals surface area contributed by atoms with Crippen LogP contribution in [0.25, 0.3) is 17.3 Å². The summed E-state index contributed by atoms with van der Waals surface area (Å²) in [7, 11) is -2.69. The summed E-state index contributed by atoms with van der Waals surface area (Å²) in [5.74, 6) is 0.517. The Morgan fingerprint density at radius 1 is 1.10 bits per heavy atom. The van der Waals surface area contributed by atoms with Crippen molar-refractivity contribution >= 4 is 16.1 Å². The van der Waals surface area contributed by atoms with Gasteiger partial charge in [0.05, 0.1) is 17.7 Å². The van der Waals surface area contributed by atoms with Crippen LogP contribution in [0.2, 0.25) is 0 Å². The Hall–Kier alpha value is -3.27. The van der Waals surface area contributed by atoms with Crippen molar-refractivity contribution < 1.29 is 26.3 Å². The predicted molar refractivity (Wildman–Crippen MR) is 107 cm³/mol. The van der Waals surface area contributed by atoms with Crippen LogP contribution in [0.5, 0.6) is 5.75 Å². The molecule has 0 radical (unpaired) electrons. The van der Waals surface area contributed by atoms with Crippen LogP contribution in [0, 0.1) is 0 Å². The molecule has 158 valence electrons. The number of allylic oxidation sites excluding steroid dienone is 1. The second-order valence-corrected chi connectivity index (χ2v) is 7.85. The Labute approximate surface area is 171 Å². The topological polar surface area (TPSA) is 73.2 Å².